The quantitative estimate of drug-likeness (QED) is 0.238. The van der Waals surface area contributed by atoms with Crippen molar-refractivity contribution in [2.24, 2.45) is 0 Å². The molecule has 0 spiro atoms. The highest BCUT2D eigenvalue weighted by Gasteiger charge is 2.30. The Morgan fingerprint density at radius 3 is 2.53 bits per heavy atom. The molecule has 36 heavy (non-hydrogen) atoms. The number of carbonyl (C=O) groups excluding carboxylic acids is 1. The SMILES string of the molecule is C[C@H](c1ccco1)N(C(=O)c1ccccc1NS(=O)(=O)c1ccc(Cl)c([N+](=O)[O-])c1)c1ccccn1. The van der Waals surface area contributed by atoms with Gasteiger partial charge in [-0.1, -0.05) is 29.8 Å². The largest absolute Gasteiger partial charge is 0.467 e. The fraction of sp³-hybridized carbons (Fsp3) is 0.0833. The third-order valence-electron chi connectivity index (χ3n) is 5.28. The molecule has 0 aliphatic rings. The topological polar surface area (TPSA) is 136 Å². The van der Waals surface area contributed by atoms with Crippen molar-refractivity contribution in [3.8, 4) is 0 Å². The molecule has 0 aliphatic heterocycles. The molecule has 2 heterocycles. The molecule has 10 nitrogen and oxygen atoms in total. The molecule has 1 N–H and O–H groups in total. The van der Waals surface area contributed by atoms with Gasteiger partial charge in [0.1, 0.15) is 16.6 Å². The van der Waals surface area contributed by atoms with Crippen LogP contribution >= 0.6 is 11.6 Å². The van der Waals surface area contributed by atoms with Crippen LogP contribution in [-0.4, -0.2) is 24.2 Å². The number of aromatic nitrogens is 1. The van der Waals surface area contributed by atoms with E-state index in [1.807, 2.05) is 0 Å². The minimum atomic E-state index is -4.31. The van der Waals surface area contributed by atoms with Crippen LogP contribution in [0.3, 0.4) is 0 Å². The van der Waals surface area contributed by atoms with Gasteiger partial charge >= 0.3 is 0 Å². The zero-order chi connectivity index (χ0) is 25.9. The minimum Gasteiger partial charge on any atom is -0.467 e. The van der Waals surface area contributed by atoms with E-state index in [-0.39, 0.29) is 21.2 Å². The molecule has 0 saturated heterocycles. The first-order chi connectivity index (χ1) is 17.2. The van der Waals surface area contributed by atoms with Gasteiger partial charge in [0, 0.05) is 12.3 Å². The van der Waals surface area contributed by atoms with Gasteiger partial charge in [-0.3, -0.25) is 24.5 Å². The summed E-state index contributed by atoms with van der Waals surface area (Å²) in [5.41, 5.74) is -0.543. The molecule has 4 aromatic rings. The average molecular weight is 527 g/mol. The first-order valence-corrected chi connectivity index (χ1v) is 12.4. The van der Waals surface area contributed by atoms with Crippen molar-refractivity contribution in [3.63, 3.8) is 0 Å². The number of furan rings is 1. The van der Waals surface area contributed by atoms with Gasteiger partial charge in [0.15, 0.2) is 0 Å². The number of pyridine rings is 1. The molecular weight excluding hydrogens is 508 g/mol. The van der Waals surface area contributed by atoms with E-state index in [4.69, 9.17) is 16.0 Å². The monoisotopic (exact) mass is 526 g/mol. The molecule has 0 unspecified atom stereocenters. The number of benzene rings is 2. The van der Waals surface area contributed by atoms with Gasteiger partial charge in [-0.15, -0.1) is 0 Å². The summed E-state index contributed by atoms with van der Waals surface area (Å²) in [7, 11) is -4.31. The molecule has 0 saturated carbocycles. The molecule has 1 atom stereocenters. The van der Waals surface area contributed by atoms with Crippen LogP contribution < -0.4 is 9.62 Å². The van der Waals surface area contributed by atoms with Crippen molar-refractivity contribution in [3.05, 3.63) is 112 Å². The molecule has 0 aliphatic carbocycles. The number of anilines is 2. The highest BCUT2D eigenvalue weighted by Crippen LogP contribution is 2.32. The van der Waals surface area contributed by atoms with Crippen LogP contribution in [0.15, 0.2) is 94.6 Å². The lowest BCUT2D eigenvalue weighted by Crippen LogP contribution is -2.34. The van der Waals surface area contributed by atoms with Gasteiger partial charge in [-0.25, -0.2) is 13.4 Å². The molecule has 184 valence electrons. The summed E-state index contributed by atoms with van der Waals surface area (Å²) in [5, 5.41) is 11.0. The van der Waals surface area contributed by atoms with Gasteiger partial charge in [0.05, 0.1) is 33.4 Å². The second kappa shape index (κ2) is 10.2. The zero-order valence-corrected chi connectivity index (χ0v) is 20.3. The molecule has 2 aromatic carbocycles. The van der Waals surface area contributed by atoms with Crippen LogP contribution in [-0.2, 0) is 10.0 Å². The van der Waals surface area contributed by atoms with Crippen molar-refractivity contribution < 1.29 is 22.6 Å². The Hall–Kier alpha value is -4.22. The molecule has 4 rings (SSSR count). The molecule has 0 bridgehead atoms. The highest BCUT2D eigenvalue weighted by molar-refractivity contribution is 7.92. The fourth-order valence-electron chi connectivity index (χ4n) is 3.52. The Labute approximate surface area is 211 Å². The third-order valence-corrected chi connectivity index (χ3v) is 6.97. The Kier molecular flexibility index (Phi) is 7.04. The summed E-state index contributed by atoms with van der Waals surface area (Å²) in [6, 6.07) is 17.1. The van der Waals surface area contributed by atoms with E-state index in [1.54, 1.807) is 49.4 Å². The number of para-hydroxylation sites is 1. The zero-order valence-electron chi connectivity index (χ0n) is 18.7. The second-order valence-corrected chi connectivity index (χ2v) is 9.67. The average Bonchev–Trinajstić information content (AvgIpc) is 3.40. The molecule has 0 fully saturated rings. The lowest BCUT2D eigenvalue weighted by Gasteiger charge is -2.28. The molecule has 12 heteroatoms. The minimum absolute atomic E-state index is 0.0207. The van der Waals surface area contributed by atoms with Crippen LogP contribution in [0.2, 0.25) is 5.02 Å². The van der Waals surface area contributed by atoms with Crippen molar-refractivity contribution in [1.29, 1.82) is 0 Å². The first-order valence-electron chi connectivity index (χ1n) is 10.5. The highest BCUT2D eigenvalue weighted by atomic mass is 35.5. The third kappa shape index (κ3) is 5.07. The van der Waals surface area contributed by atoms with E-state index in [0.29, 0.717) is 11.6 Å². The Morgan fingerprint density at radius 2 is 1.86 bits per heavy atom. The maximum atomic E-state index is 13.8. The summed E-state index contributed by atoms with van der Waals surface area (Å²) in [4.78, 5) is 29.5. The van der Waals surface area contributed by atoms with Crippen molar-refractivity contribution >= 4 is 44.7 Å². The van der Waals surface area contributed by atoms with Crippen LogP contribution in [0.4, 0.5) is 17.2 Å². The number of hydrogen-bond donors (Lipinski definition) is 1. The van der Waals surface area contributed by atoms with Gasteiger partial charge in [-0.2, -0.15) is 0 Å². The number of nitrogens with one attached hydrogen (secondary N) is 1. The summed E-state index contributed by atoms with van der Waals surface area (Å²) in [5.74, 6) is 0.288. The van der Waals surface area contributed by atoms with E-state index >= 15 is 0 Å². The number of amides is 1. The summed E-state index contributed by atoms with van der Waals surface area (Å²) in [6.45, 7) is 1.76. The summed E-state index contributed by atoms with van der Waals surface area (Å²) >= 11 is 5.81. The van der Waals surface area contributed by atoms with Crippen molar-refractivity contribution in [2.45, 2.75) is 17.9 Å². The number of nitrogens with zero attached hydrogens (tertiary/aromatic N) is 3. The Bertz CT molecular complexity index is 1510. The normalized spacial score (nSPS) is 12.1. The number of sulfonamides is 1. The number of rotatable bonds is 8. The van der Waals surface area contributed by atoms with Crippen LogP contribution in [0.5, 0.6) is 0 Å². The lowest BCUT2D eigenvalue weighted by molar-refractivity contribution is -0.384. The number of nitro benzene ring substituents is 1. The maximum absolute atomic E-state index is 13.8. The van der Waals surface area contributed by atoms with Gasteiger partial charge in [-0.05, 0) is 55.5 Å². The van der Waals surface area contributed by atoms with Gasteiger partial charge in [0.2, 0.25) is 0 Å². The van der Waals surface area contributed by atoms with Crippen LogP contribution in [0.1, 0.15) is 29.1 Å². The number of carbonyl (C=O) groups is 1. The predicted octanol–water partition coefficient (Wildman–Crippen LogP) is 5.45. The van der Waals surface area contributed by atoms with E-state index in [1.165, 1.54) is 29.5 Å². The first kappa shape index (κ1) is 24.9. The molecule has 2 aromatic heterocycles. The van der Waals surface area contributed by atoms with E-state index in [2.05, 4.69) is 9.71 Å². The molecule has 1 amide bonds. The standard InChI is InChI=1S/C24H19ClN4O6S/c1-16(22-9-6-14-35-22)28(23-10-4-5-13-26-23)24(30)18-7-2-3-8-20(18)27-36(33,34)17-11-12-19(25)21(15-17)29(31)32/h2-16,27H,1H3/t16-/m1/s1. The van der Waals surface area contributed by atoms with Crippen molar-refractivity contribution in [1.82, 2.24) is 4.98 Å². The maximum Gasteiger partial charge on any atom is 0.289 e. The number of hydrogen-bond acceptors (Lipinski definition) is 7. The van der Waals surface area contributed by atoms with Gasteiger partial charge < -0.3 is 4.42 Å². The number of halogens is 1. The second-order valence-electron chi connectivity index (χ2n) is 7.58. The van der Waals surface area contributed by atoms with E-state index in [0.717, 1.165) is 18.2 Å². The predicted molar refractivity (Wildman–Crippen MR) is 134 cm³/mol. The fourth-order valence-corrected chi connectivity index (χ4v) is 4.81. The lowest BCUT2D eigenvalue weighted by atomic mass is 10.1. The van der Waals surface area contributed by atoms with Crippen LogP contribution in [0, 0.1) is 10.1 Å². The Balaban J connectivity index is 1.74. The van der Waals surface area contributed by atoms with E-state index in [9.17, 15) is 23.3 Å². The van der Waals surface area contributed by atoms with Gasteiger partial charge in [0.25, 0.3) is 21.6 Å². The number of nitro groups is 1. The smallest absolute Gasteiger partial charge is 0.289 e. The van der Waals surface area contributed by atoms with E-state index < -0.39 is 32.6 Å². The molecule has 0 radical (unpaired) electrons. The Morgan fingerprint density at radius 1 is 1.11 bits per heavy atom. The molecular formula is C24H19ClN4O6S. The summed E-state index contributed by atoms with van der Waals surface area (Å²) in [6.07, 6.45) is 3.02. The summed E-state index contributed by atoms with van der Waals surface area (Å²) < 4.78 is 34.0. The van der Waals surface area contributed by atoms with Crippen molar-refractivity contribution in [2.75, 3.05) is 9.62 Å². The van der Waals surface area contributed by atoms with Crippen LogP contribution in [0.25, 0.3) is 0 Å².